The highest BCUT2D eigenvalue weighted by Gasteiger charge is 2.09. The number of hydrogen-bond donors (Lipinski definition) is 2. The van der Waals surface area contributed by atoms with Crippen LogP contribution in [0.25, 0.3) is 0 Å². The normalized spacial score (nSPS) is 12.4. The molecule has 5 heteroatoms. The number of ether oxygens (including phenoxy) is 1. The lowest BCUT2D eigenvalue weighted by Crippen LogP contribution is -2.32. The number of rotatable bonds is 8. The van der Waals surface area contributed by atoms with Crippen LogP contribution in [0.15, 0.2) is 18.2 Å². The molecule has 106 valence electrons. The molecule has 0 heterocycles. The Hall–Kier alpha value is -1.10. The van der Waals surface area contributed by atoms with Gasteiger partial charge in [-0.25, -0.2) is 0 Å². The average Bonchev–Trinajstić information content (AvgIpc) is 2.37. The first-order valence-electron chi connectivity index (χ1n) is 6.39. The van der Waals surface area contributed by atoms with Crippen LogP contribution in [0.2, 0.25) is 5.02 Å². The summed E-state index contributed by atoms with van der Waals surface area (Å²) in [5, 5.41) is 3.95. The second kappa shape index (κ2) is 8.15. The minimum absolute atomic E-state index is 0.307. The summed E-state index contributed by atoms with van der Waals surface area (Å²) in [6, 6.07) is 5.43. The van der Waals surface area contributed by atoms with E-state index in [1.807, 2.05) is 6.07 Å². The SMILES string of the molecule is CCCC(COC)NCc1ccc(C(N)=O)cc1Cl. The van der Waals surface area contributed by atoms with E-state index in [1.165, 1.54) is 0 Å². The number of hydrogen-bond acceptors (Lipinski definition) is 3. The fourth-order valence-corrected chi connectivity index (χ4v) is 2.14. The van der Waals surface area contributed by atoms with Gasteiger partial charge in [0, 0.05) is 30.3 Å². The van der Waals surface area contributed by atoms with Gasteiger partial charge >= 0.3 is 0 Å². The van der Waals surface area contributed by atoms with Gasteiger partial charge < -0.3 is 15.8 Å². The summed E-state index contributed by atoms with van der Waals surface area (Å²) in [7, 11) is 1.69. The number of nitrogens with one attached hydrogen (secondary N) is 1. The van der Waals surface area contributed by atoms with E-state index in [2.05, 4.69) is 12.2 Å². The number of carbonyl (C=O) groups is 1. The van der Waals surface area contributed by atoms with Crippen LogP contribution in [-0.2, 0) is 11.3 Å². The molecule has 1 aromatic carbocycles. The molecule has 0 aliphatic heterocycles. The van der Waals surface area contributed by atoms with Gasteiger partial charge in [-0.2, -0.15) is 0 Å². The van der Waals surface area contributed by atoms with Crippen molar-refractivity contribution < 1.29 is 9.53 Å². The first kappa shape index (κ1) is 16.0. The van der Waals surface area contributed by atoms with Crippen LogP contribution >= 0.6 is 11.6 Å². The molecule has 0 bridgehead atoms. The maximum atomic E-state index is 11.0. The molecule has 0 saturated carbocycles. The molecule has 0 radical (unpaired) electrons. The second-order valence-electron chi connectivity index (χ2n) is 4.49. The number of benzene rings is 1. The van der Waals surface area contributed by atoms with Crippen LogP contribution in [0.4, 0.5) is 0 Å². The standard InChI is InChI=1S/C14H21ClN2O2/c1-3-4-12(9-19-2)17-8-11-6-5-10(14(16)18)7-13(11)15/h5-7,12,17H,3-4,8-9H2,1-2H3,(H2,16,18). The lowest BCUT2D eigenvalue weighted by Gasteiger charge is -2.17. The van der Waals surface area contributed by atoms with Crippen LogP contribution in [0, 0.1) is 0 Å². The zero-order chi connectivity index (χ0) is 14.3. The monoisotopic (exact) mass is 284 g/mol. The van der Waals surface area contributed by atoms with Gasteiger partial charge in [-0.1, -0.05) is 31.0 Å². The number of amides is 1. The molecule has 4 nitrogen and oxygen atoms in total. The highest BCUT2D eigenvalue weighted by molar-refractivity contribution is 6.31. The zero-order valence-corrected chi connectivity index (χ0v) is 12.2. The summed E-state index contributed by atoms with van der Waals surface area (Å²) in [4.78, 5) is 11.0. The van der Waals surface area contributed by atoms with Gasteiger partial charge in [-0.05, 0) is 24.1 Å². The highest BCUT2D eigenvalue weighted by atomic mass is 35.5. The Labute approximate surface area is 119 Å². The number of methoxy groups -OCH3 is 1. The molecule has 1 amide bonds. The van der Waals surface area contributed by atoms with Gasteiger partial charge in [0.05, 0.1) is 6.61 Å². The smallest absolute Gasteiger partial charge is 0.248 e. The van der Waals surface area contributed by atoms with Gasteiger partial charge in [0.1, 0.15) is 0 Å². The summed E-state index contributed by atoms with van der Waals surface area (Å²) in [6.45, 7) is 3.45. The van der Waals surface area contributed by atoms with Gasteiger partial charge in [0.25, 0.3) is 0 Å². The lowest BCUT2D eigenvalue weighted by molar-refractivity contribution is 0.100. The Bertz CT molecular complexity index is 418. The number of carbonyl (C=O) groups excluding carboxylic acids is 1. The minimum Gasteiger partial charge on any atom is -0.383 e. The summed E-state index contributed by atoms with van der Waals surface area (Å²) in [5.74, 6) is -0.468. The van der Waals surface area contributed by atoms with Crippen molar-refractivity contribution in [1.29, 1.82) is 0 Å². The first-order valence-corrected chi connectivity index (χ1v) is 6.76. The van der Waals surface area contributed by atoms with Gasteiger partial charge in [-0.15, -0.1) is 0 Å². The molecule has 19 heavy (non-hydrogen) atoms. The highest BCUT2D eigenvalue weighted by Crippen LogP contribution is 2.18. The van der Waals surface area contributed by atoms with Gasteiger partial charge in [-0.3, -0.25) is 4.79 Å². The van der Waals surface area contributed by atoms with E-state index >= 15 is 0 Å². The van der Waals surface area contributed by atoms with E-state index < -0.39 is 5.91 Å². The van der Waals surface area contributed by atoms with Crippen molar-refractivity contribution in [1.82, 2.24) is 5.32 Å². The Morgan fingerprint density at radius 3 is 2.79 bits per heavy atom. The van der Waals surface area contributed by atoms with E-state index in [-0.39, 0.29) is 0 Å². The Morgan fingerprint density at radius 1 is 1.53 bits per heavy atom. The minimum atomic E-state index is -0.468. The molecule has 0 saturated heterocycles. The maximum Gasteiger partial charge on any atom is 0.248 e. The molecule has 0 spiro atoms. The predicted molar refractivity (Wildman–Crippen MR) is 77.4 cm³/mol. The molecule has 0 aromatic heterocycles. The van der Waals surface area contributed by atoms with Crippen molar-refractivity contribution >= 4 is 17.5 Å². The van der Waals surface area contributed by atoms with Crippen molar-refractivity contribution in [3.05, 3.63) is 34.3 Å². The molecule has 1 rings (SSSR count). The van der Waals surface area contributed by atoms with E-state index in [4.69, 9.17) is 22.1 Å². The van der Waals surface area contributed by atoms with Crippen molar-refractivity contribution in [2.45, 2.75) is 32.4 Å². The van der Waals surface area contributed by atoms with Crippen LogP contribution < -0.4 is 11.1 Å². The van der Waals surface area contributed by atoms with Crippen LogP contribution in [-0.4, -0.2) is 25.7 Å². The first-order chi connectivity index (χ1) is 9.08. The predicted octanol–water partition coefficient (Wildman–Crippen LogP) is 2.34. The summed E-state index contributed by atoms with van der Waals surface area (Å²) < 4.78 is 5.17. The molecule has 1 atom stereocenters. The topological polar surface area (TPSA) is 64.3 Å². The van der Waals surface area contributed by atoms with Gasteiger partial charge in [0.15, 0.2) is 0 Å². The fraction of sp³-hybridized carbons (Fsp3) is 0.500. The zero-order valence-electron chi connectivity index (χ0n) is 11.4. The summed E-state index contributed by atoms with van der Waals surface area (Å²) in [5.41, 5.74) is 6.58. The third-order valence-corrected chi connectivity index (χ3v) is 3.28. The molecule has 0 aliphatic rings. The number of primary amides is 1. The largest absolute Gasteiger partial charge is 0.383 e. The lowest BCUT2D eigenvalue weighted by atomic mass is 10.1. The molecule has 3 N–H and O–H groups in total. The van der Waals surface area contributed by atoms with Crippen molar-refractivity contribution in [2.75, 3.05) is 13.7 Å². The second-order valence-corrected chi connectivity index (χ2v) is 4.90. The van der Waals surface area contributed by atoms with E-state index in [1.54, 1.807) is 19.2 Å². The van der Waals surface area contributed by atoms with Crippen molar-refractivity contribution in [2.24, 2.45) is 5.73 Å². The average molecular weight is 285 g/mol. The van der Waals surface area contributed by atoms with Crippen LogP contribution in [0.3, 0.4) is 0 Å². The van der Waals surface area contributed by atoms with Gasteiger partial charge in [0.2, 0.25) is 5.91 Å². The molecule has 0 aliphatic carbocycles. The van der Waals surface area contributed by atoms with Crippen molar-refractivity contribution in [3.8, 4) is 0 Å². The van der Waals surface area contributed by atoms with Crippen molar-refractivity contribution in [3.63, 3.8) is 0 Å². The van der Waals surface area contributed by atoms with E-state index in [0.717, 1.165) is 18.4 Å². The quantitative estimate of drug-likeness (QED) is 0.770. The molecule has 1 aromatic rings. The number of halogens is 1. The molecular formula is C14H21ClN2O2. The molecule has 1 unspecified atom stereocenters. The number of nitrogens with two attached hydrogens (primary N) is 1. The third kappa shape index (κ3) is 5.19. The Morgan fingerprint density at radius 2 is 2.26 bits per heavy atom. The Kier molecular flexibility index (Phi) is 6.84. The summed E-state index contributed by atoms with van der Waals surface area (Å²) in [6.07, 6.45) is 2.14. The van der Waals surface area contributed by atoms with Crippen LogP contribution in [0.5, 0.6) is 0 Å². The fourth-order valence-electron chi connectivity index (χ4n) is 1.89. The summed E-state index contributed by atoms with van der Waals surface area (Å²) >= 11 is 6.13. The molecule has 0 fully saturated rings. The van der Waals surface area contributed by atoms with E-state index in [9.17, 15) is 4.79 Å². The Balaban J connectivity index is 2.63. The van der Waals surface area contributed by atoms with Crippen LogP contribution in [0.1, 0.15) is 35.7 Å². The third-order valence-electron chi connectivity index (χ3n) is 2.92. The maximum absolute atomic E-state index is 11.0. The molecular weight excluding hydrogens is 264 g/mol. The van der Waals surface area contributed by atoms with E-state index in [0.29, 0.717) is 29.8 Å².